The van der Waals surface area contributed by atoms with Crippen LogP contribution in [0.25, 0.3) is 10.9 Å². The van der Waals surface area contributed by atoms with E-state index >= 15 is 4.39 Å². The van der Waals surface area contributed by atoms with Crippen LogP contribution >= 0.6 is 0 Å². The Hall–Kier alpha value is -3.79. The van der Waals surface area contributed by atoms with Crippen molar-refractivity contribution in [2.75, 3.05) is 44.5 Å². The molecule has 1 N–H and O–H groups in total. The van der Waals surface area contributed by atoms with Crippen LogP contribution in [0.1, 0.15) is 28.9 Å². The van der Waals surface area contributed by atoms with Crippen LogP contribution in [0.5, 0.6) is 17.2 Å². The number of aromatic carboxylic acids is 1. The van der Waals surface area contributed by atoms with Crippen molar-refractivity contribution in [1.29, 1.82) is 0 Å². The number of carboxylic acids is 1. The van der Waals surface area contributed by atoms with Crippen molar-refractivity contribution in [3.05, 3.63) is 57.6 Å². The molecule has 0 saturated carbocycles. The summed E-state index contributed by atoms with van der Waals surface area (Å²) in [5, 5.41) is 9.48. The molecular formula is C25H24FN3O6. The van der Waals surface area contributed by atoms with Crippen molar-refractivity contribution < 1.29 is 28.5 Å². The number of anilines is 1. The third-order valence-electron chi connectivity index (χ3n) is 6.90. The molecule has 4 heterocycles. The van der Waals surface area contributed by atoms with Gasteiger partial charge in [0, 0.05) is 38.9 Å². The third-order valence-corrected chi connectivity index (χ3v) is 6.90. The van der Waals surface area contributed by atoms with Crippen molar-refractivity contribution in [3.8, 4) is 17.2 Å². The number of benzene rings is 2. The Kier molecular flexibility index (Phi) is 5.06. The second kappa shape index (κ2) is 8.16. The van der Waals surface area contributed by atoms with E-state index < -0.39 is 17.2 Å². The van der Waals surface area contributed by atoms with Gasteiger partial charge in [0.2, 0.25) is 12.2 Å². The van der Waals surface area contributed by atoms with Gasteiger partial charge in [-0.05, 0) is 30.7 Å². The zero-order chi connectivity index (χ0) is 24.3. The Morgan fingerprint density at radius 2 is 1.89 bits per heavy atom. The first-order valence-corrected chi connectivity index (χ1v) is 11.5. The molecule has 0 amide bonds. The largest absolute Gasteiger partial charge is 0.487 e. The van der Waals surface area contributed by atoms with Crippen LogP contribution in [-0.2, 0) is 6.54 Å². The lowest BCUT2D eigenvalue weighted by molar-refractivity contribution is 0.0694. The molecule has 0 bridgehead atoms. The number of nitrogens with zero attached hydrogens (tertiary/aromatic N) is 3. The number of carboxylic acid groups (broad SMARTS) is 1. The van der Waals surface area contributed by atoms with E-state index in [0.29, 0.717) is 43.1 Å². The summed E-state index contributed by atoms with van der Waals surface area (Å²) in [7, 11) is 0. The van der Waals surface area contributed by atoms with Crippen LogP contribution in [0, 0.1) is 5.82 Å². The zero-order valence-electron chi connectivity index (χ0n) is 19.1. The molecule has 6 rings (SSSR count). The first-order chi connectivity index (χ1) is 16.9. The second-order valence-electron chi connectivity index (χ2n) is 9.13. The third kappa shape index (κ3) is 3.56. The zero-order valence-corrected chi connectivity index (χ0v) is 19.1. The van der Waals surface area contributed by atoms with E-state index in [-0.39, 0.29) is 30.4 Å². The number of piperazine rings is 1. The number of fused-ring (bicyclic) bond motifs is 1. The fourth-order valence-electron chi connectivity index (χ4n) is 5.09. The molecular weight excluding hydrogens is 457 g/mol. The van der Waals surface area contributed by atoms with E-state index in [4.69, 9.17) is 14.2 Å². The SMILES string of the molecule is C[C@H]1COc2c(N3CCN(Cc4ccc5c(c4)OCO5)CC3)c(F)cc3c(=O)c(C(=O)O)cn1c23. The first kappa shape index (κ1) is 21.7. The van der Waals surface area contributed by atoms with Crippen molar-refractivity contribution in [2.24, 2.45) is 0 Å². The number of carbonyl (C=O) groups is 1. The average molecular weight is 481 g/mol. The lowest BCUT2D eigenvalue weighted by Crippen LogP contribution is -2.46. The van der Waals surface area contributed by atoms with Crippen molar-refractivity contribution in [3.63, 3.8) is 0 Å². The summed E-state index contributed by atoms with van der Waals surface area (Å²) in [6.07, 6.45) is 1.34. The summed E-state index contributed by atoms with van der Waals surface area (Å²) in [6, 6.07) is 6.88. The Morgan fingerprint density at radius 1 is 1.11 bits per heavy atom. The van der Waals surface area contributed by atoms with E-state index in [1.807, 2.05) is 30.0 Å². The molecule has 1 atom stereocenters. The number of aromatic nitrogens is 1. The van der Waals surface area contributed by atoms with E-state index in [2.05, 4.69) is 4.90 Å². The highest BCUT2D eigenvalue weighted by Gasteiger charge is 2.31. The van der Waals surface area contributed by atoms with E-state index in [0.717, 1.165) is 29.7 Å². The quantitative estimate of drug-likeness (QED) is 0.608. The minimum Gasteiger partial charge on any atom is -0.487 e. The van der Waals surface area contributed by atoms with Gasteiger partial charge in [-0.1, -0.05) is 6.07 Å². The summed E-state index contributed by atoms with van der Waals surface area (Å²) < 4.78 is 34.0. The highest BCUT2D eigenvalue weighted by atomic mass is 19.1. The minimum atomic E-state index is -1.33. The Labute approximate surface area is 199 Å². The predicted molar refractivity (Wildman–Crippen MR) is 125 cm³/mol. The molecule has 1 aromatic heterocycles. The number of halogens is 1. The Bertz CT molecular complexity index is 1410. The number of ether oxygens (including phenoxy) is 3. The van der Waals surface area contributed by atoms with Crippen LogP contribution in [0.4, 0.5) is 10.1 Å². The average Bonchev–Trinajstić information content (AvgIpc) is 3.31. The molecule has 2 aromatic carbocycles. The van der Waals surface area contributed by atoms with E-state index in [9.17, 15) is 14.7 Å². The van der Waals surface area contributed by atoms with Crippen molar-refractivity contribution in [1.82, 2.24) is 9.47 Å². The number of pyridine rings is 1. The fourth-order valence-corrected chi connectivity index (χ4v) is 5.09. The second-order valence-corrected chi connectivity index (χ2v) is 9.13. The van der Waals surface area contributed by atoms with Gasteiger partial charge < -0.3 is 28.8 Å². The van der Waals surface area contributed by atoms with Crippen LogP contribution in [-0.4, -0.2) is 60.1 Å². The van der Waals surface area contributed by atoms with Gasteiger partial charge in [0.15, 0.2) is 23.1 Å². The van der Waals surface area contributed by atoms with Gasteiger partial charge in [-0.2, -0.15) is 0 Å². The van der Waals surface area contributed by atoms with E-state index in [1.54, 1.807) is 4.57 Å². The van der Waals surface area contributed by atoms with Gasteiger partial charge in [0.25, 0.3) is 0 Å². The lowest BCUT2D eigenvalue weighted by Gasteiger charge is -2.38. The molecule has 182 valence electrons. The van der Waals surface area contributed by atoms with Gasteiger partial charge in [-0.15, -0.1) is 0 Å². The van der Waals surface area contributed by atoms with Crippen LogP contribution < -0.4 is 24.5 Å². The maximum atomic E-state index is 15.4. The molecule has 0 unspecified atom stereocenters. The number of hydrogen-bond donors (Lipinski definition) is 1. The highest BCUT2D eigenvalue weighted by molar-refractivity contribution is 5.97. The normalized spacial score (nSPS) is 19.1. The summed E-state index contributed by atoms with van der Waals surface area (Å²) >= 11 is 0. The monoisotopic (exact) mass is 481 g/mol. The summed E-state index contributed by atoms with van der Waals surface area (Å²) in [5.41, 5.74) is 0.801. The molecule has 3 aliphatic rings. The fraction of sp³-hybridized carbons (Fsp3) is 0.360. The van der Waals surface area contributed by atoms with Gasteiger partial charge in [0.05, 0.1) is 16.9 Å². The maximum Gasteiger partial charge on any atom is 0.341 e. The first-order valence-electron chi connectivity index (χ1n) is 11.5. The smallest absolute Gasteiger partial charge is 0.341 e. The molecule has 0 aliphatic carbocycles. The van der Waals surface area contributed by atoms with Crippen molar-refractivity contribution in [2.45, 2.75) is 19.5 Å². The summed E-state index contributed by atoms with van der Waals surface area (Å²) in [4.78, 5) is 28.6. The lowest BCUT2D eigenvalue weighted by atomic mass is 10.1. The molecule has 35 heavy (non-hydrogen) atoms. The maximum absolute atomic E-state index is 15.4. The Balaban J connectivity index is 1.29. The van der Waals surface area contributed by atoms with Crippen molar-refractivity contribution >= 4 is 22.6 Å². The topological polar surface area (TPSA) is 93.5 Å². The summed E-state index contributed by atoms with van der Waals surface area (Å²) in [5.74, 6) is -0.109. The molecule has 3 aliphatic heterocycles. The molecule has 1 fully saturated rings. The van der Waals surface area contributed by atoms with Gasteiger partial charge in [0.1, 0.15) is 17.9 Å². The molecule has 0 spiro atoms. The number of rotatable bonds is 4. The standard InChI is InChI=1S/C25H24FN3O6/c1-14-12-33-24-21-16(23(30)17(25(31)32)11-29(14)21)9-18(26)22(24)28-6-4-27(5-7-28)10-15-2-3-19-20(8-15)35-13-34-19/h2-3,8-9,11,14H,4-7,10,12-13H2,1H3,(H,31,32)/t14-/m0/s1. The molecule has 10 heteroatoms. The molecule has 1 saturated heterocycles. The van der Waals surface area contributed by atoms with Gasteiger partial charge in [-0.3, -0.25) is 9.69 Å². The number of hydrogen-bond acceptors (Lipinski definition) is 7. The molecule has 0 radical (unpaired) electrons. The van der Waals surface area contributed by atoms with E-state index in [1.165, 1.54) is 6.20 Å². The van der Waals surface area contributed by atoms with Crippen LogP contribution in [0.15, 0.2) is 35.3 Å². The van der Waals surface area contributed by atoms with Crippen LogP contribution in [0.3, 0.4) is 0 Å². The molecule has 3 aromatic rings. The van der Waals surface area contributed by atoms with Gasteiger partial charge in [-0.25, -0.2) is 9.18 Å². The predicted octanol–water partition coefficient (Wildman–Crippen LogP) is 2.84. The molecule has 9 nitrogen and oxygen atoms in total. The Morgan fingerprint density at radius 3 is 2.66 bits per heavy atom. The minimum absolute atomic E-state index is 0.0224. The highest BCUT2D eigenvalue weighted by Crippen LogP contribution is 2.42. The van der Waals surface area contributed by atoms with Crippen LogP contribution in [0.2, 0.25) is 0 Å². The summed E-state index contributed by atoms with van der Waals surface area (Å²) in [6.45, 7) is 5.69. The van der Waals surface area contributed by atoms with Gasteiger partial charge >= 0.3 is 5.97 Å².